The maximum absolute atomic E-state index is 6.14. The average molecular weight is 340 g/mol. The predicted octanol–water partition coefficient (Wildman–Crippen LogP) is 5.18. The molecule has 2 aromatic rings. The maximum Gasteiger partial charge on any atom is 0.146 e. The molecule has 1 aromatic heterocycles. The van der Waals surface area contributed by atoms with Crippen molar-refractivity contribution in [2.75, 3.05) is 13.1 Å². The van der Waals surface area contributed by atoms with E-state index < -0.39 is 0 Å². The quantitative estimate of drug-likeness (QED) is 0.712. The molecule has 3 rings (SSSR count). The minimum atomic E-state index is 0.0194. The largest absolute Gasteiger partial charge is 0.483 e. The van der Waals surface area contributed by atoms with Gasteiger partial charge in [-0.1, -0.05) is 29.3 Å². The van der Waals surface area contributed by atoms with Gasteiger partial charge in [0.25, 0.3) is 0 Å². The Morgan fingerprint density at radius 3 is 2.95 bits per heavy atom. The van der Waals surface area contributed by atoms with Crippen molar-refractivity contribution in [3.05, 3.63) is 62.8 Å². The fourth-order valence-electron chi connectivity index (χ4n) is 2.51. The number of thiophene rings is 1. The lowest BCUT2D eigenvalue weighted by Crippen LogP contribution is -2.35. The number of hydrogen-bond donors (Lipinski definition) is 0. The number of nitrogens with zero attached hydrogens (tertiary/aromatic N) is 1. The van der Waals surface area contributed by atoms with Gasteiger partial charge in [-0.05, 0) is 29.1 Å². The Hall–Kier alpha value is -1.000. The van der Waals surface area contributed by atoms with Gasteiger partial charge in [-0.25, -0.2) is 0 Å². The molecule has 1 unspecified atom stereocenters. The molecule has 2 heterocycles. The molecule has 0 N–H and O–H groups in total. The summed E-state index contributed by atoms with van der Waals surface area (Å²) < 4.78 is 6.14. The summed E-state index contributed by atoms with van der Waals surface area (Å²) in [6, 6.07) is 7.55. The van der Waals surface area contributed by atoms with Crippen LogP contribution in [0.3, 0.4) is 0 Å². The molecular formula is C16H15Cl2NOS. The molecule has 0 radical (unpaired) electrons. The SMILES string of the molecule is C=CCN1Cc2ccsc2C(Oc2ccc(Cl)c(Cl)c2)C1. The minimum absolute atomic E-state index is 0.0194. The van der Waals surface area contributed by atoms with Gasteiger partial charge in [0.15, 0.2) is 0 Å². The van der Waals surface area contributed by atoms with Crippen molar-refractivity contribution in [2.24, 2.45) is 0 Å². The fraction of sp³-hybridized carbons (Fsp3) is 0.250. The zero-order valence-electron chi connectivity index (χ0n) is 11.4. The molecule has 0 fully saturated rings. The molecule has 1 aliphatic heterocycles. The summed E-state index contributed by atoms with van der Waals surface area (Å²) in [5, 5.41) is 3.17. The Balaban J connectivity index is 1.83. The van der Waals surface area contributed by atoms with Crippen LogP contribution in [0.5, 0.6) is 5.75 Å². The second-order valence-electron chi connectivity index (χ2n) is 4.98. The first-order valence-corrected chi connectivity index (χ1v) is 8.32. The number of rotatable bonds is 4. The third-order valence-electron chi connectivity index (χ3n) is 3.45. The van der Waals surface area contributed by atoms with E-state index in [4.69, 9.17) is 27.9 Å². The van der Waals surface area contributed by atoms with Crippen LogP contribution in [0.1, 0.15) is 16.5 Å². The van der Waals surface area contributed by atoms with Crippen molar-refractivity contribution in [2.45, 2.75) is 12.6 Å². The highest BCUT2D eigenvalue weighted by atomic mass is 35.5. The Morgan fingerprint density at radius 1 is 1.33 bits per heavy atom. The van der Waals surface area contributed by atoms with Crippen LogP contribution in [0.15, 0.2) is 42.3 Å². The third kappa shape index (κ3) is 3.27. The molecular weight excluding hydrogens is 325 g/mol. The molecule has 1 aromatic carbocycles. The number of hydrogen-bond acceptors (Lipinski definition) is 3. The molecule has 1 aliphatic rings. The average Bonchev–Trinajstić information content (AvgIpc) is 2.92. The first-order valence-electron chi connectivity index (χ1n) is 6.68. The van der Waals surface area contributed by atoms with Crippen molar-refractivity contribution >= 4 is 34.5 Å². The highest BCUT2D eigenvalue weighted by Gasteiger charge is 2.27. The summed E-state index contributed by atoms with van der Waals surface area (Å²) >= 11 is 13.7. The lowest BCUT2D eigenvalue weighted by atomic mass is 10.1. The smallest absolute Gasteiger partial charge is 0.146 e. The summed E-state index contributed by atoms with van der Waals surface area (Å²) in [6.07, 6.45) is 1.94. The van der Waals surface area contributed by atoms with Crippen LogP contribution in [0, 0.1) is 0 Å². The van der Waals surface area contributed by atoms with Gasteiger partial charge in [-0.15, -0.1) is 17.9 Å². The zero-order chi connectivity index (χ0) is 14.8. The Kier molecular flexibility index (Phi) is 4.55. The number of benzene rings is 1. The van der Waals surface area contributed by atoms with Crippen LogP contribution in [-0.4, -0.2) is 18.0 Å². The van der Waals surface area contributed by atoms with Gasteiger partial charge in [0.05, 0.1) is 14.9 Å². The molecule has 2 nitrogen and oxygen atoms in total. The first-order chi connectivity index (χ1) is 10.2. The molecule has 0 aliphatic carbocycles. The normalized spacial score (nSPS) is 18.3. The molecule has 0 saturated carbocycles. The molecule has 21 heavy (non-hydrogen) atoms. The molecule has 110 valence electrons. The van der Waals surface area contributed by atoms with E-state index in [1.54, 1.807) is 23.5 Å². The number of fused-ring (bicyclic) bond motifs is 1. The molecule has 0 saturated heterocycles. The summed E-state index contributed by atoms with van der Waals surface area (Å²) in [4.78, 5) is 3.62. The van der Waals surface area contributed by atoms with Crippen LogP contribution in [-0.2, 0) is 6.54 Å². The zero-order valence-corrected chi connectivity index (χ0v) is 13.7. The van der Waals surface area contributed by atoms with E-state index in [1.807, 2.05) is 12.1 Å². The van der Waals surface area contributed by atoms with Crippen LogP contribution in [0.25, 0.3) is 0 Å². The van der Waals surface area contributed by atoms with E-state index in [-0.39, 0.29) is 6.10 Å². The molecule has 1 atom stereocenters. The van der Waals surface area contributed by atoms with Crippen molar-refractivity contribution in [3.8, 4) is 5.75 Å². The van der Waals surface area contributed by atoms with Gasteiger partial charge < -0.3 is 4.74 Å². The molecule has 0 bridgehead atoms. The van der Waals surface area contributed by atoms with Crippen LogP contribution >= 0.6 is 34.5 Å². The molecule has 0 spiro atoms. The van der Waals surface area contributed by atoms with Gasteiger partial charge in [0, 0.05) is 25.7 Å². The Morgan fingerprint density at radius 2 is 2.19 bits per heavy atom. The fourth-order valence-corrected chi connectivity index (χ4v) is 3.74. The standard InChI is InChI=1S/C16H15Cl2NOS/c1-2-6-19-9-11-5-7-21-16(11)15(10-19)20-12-3-4-13(17)14(18)8-12/h2-5,7-8,15H,1,6,9-10H2. The summed E-state index contributed by atoms with van der Waals surface area (Å²) in [6.45, 7) is 6.47. The topological polar surface area (TPSA) is 12.5 Å². The summed E-state index contributed by atoms with van der Waals surface area (Å²) in [5.41, 5.74) is 1.33. The first kappa shape index (κ1) is 14.9. The molecule has 0 amide bonds. The minimum Gasteiger partial charge on any atom is -0.483 e. The second kappa shape index (κ2) is 6.41. The van der Waals surface area contributed by atoms with Gasteiger partial charge in [-0.3, -0.25) is 4.90 Å². The number of ether oxygens (including phenoxy) is 1. The van der Waals surface area contributed by atoms with Crippen molar-refractivity contribution in [1.82, 2.24) is 4.90 Å². The third-order valence-corrected chi connectivity index (χ3v) is 5.24. The van der Waals surface area contributed by atoms with E-state index in [1.165, 1.54) is 10.4 Å². The van der Waals surface area contributed by atoms with Crippen molar-refractivity contribution in [3.63, 3.8) is 0 Å². The van der Waals surface area contributed by atoms with Crippen molar-refractivity contribution in [1.29, 1.82) is 0 Å². The van der Waals surface area contributed by atoms with E-state index in [9.17, 15) is 0 Å². The number of halogens is 2. The van der Waals surface area contributed by atoms with E-state index in [2.05, 4.69) is 22.9 Å². The summed E-state index contributed by atoms with van der Waals surface area (Å²) in [7, 11) is 0. The molecule has 5 heteroatoms. The Bertz CT molecular complexity index is 655. The van der Waals surface area contributed by atoms with Crippen LogP contribution in [0.4, 0.5) is 0 Å². The highest BCUT2D eigenvalue weighted by Crippen LogP contribution is 2.35. The van der Waals surface area contributed by atoms with Gasteiger partial charge >= 0.3 is 0 Å². The van der Waals surface area contributed by atoms with E-state index in [0.717, 1.165) is 25.4 Å². The lowest BCUT2D eigenvalue weighted by molar-refractivity contribution is 0.123. The Labute approximate surface area is 138 Å². The van der Waals surface area contributed by atoms with Gasteiger partial charge in [0.2, 0.25) is 0 Å². The van der Waals surface area contributed by atoms with Crippen LogP contribution < -0.4 is 4.74 Å². The predicted molar refractivity (Wildman–Crippen MR) is 89.6 cm³/mol. The highest BCUT2D eigenvalue weighted by molar-refractivity contribution is 7.10. The lowest BCUT2D eigenvalue weighted by Gasteiger charge is -2.32. The monoisotopic (exact) mass is 339 g/mol. The second-order valence-corrected chi connectivity index (χ2v) is 6.74. The van der Waals surface area contributed by atoms with E-state index >= 15 is 0 Å². The maximum atomic E-state index is 6.14. The van der Waals surface area contributed by atoms with Crippen molar-refractivity contribution < 1.29 is 4.74 Å². The van der Waals surface area contributed by atoms with Crippen LogP contribution in [0.2, 0.25) is 10.0 Å². The van der Waals surface area contributed by atoms with E-state index in [0.29, 0.717) is 10.0 Å². The summed E-state index contributed by atoms with van der Waals surface area (Å²) in [5.74, 6) is 0.745. The van der Waals surface area contributed by atoms with Gasteiger partial charge in [0.1, 0.15) is 11.9 Å². The van der Waals surface area contributed by atoms with Gasteiger partial charge in [-0.2, -0.15) is 0 Å².